The Morgan fingerprint density at radius 2 is 1.95 bits per heavy atom. The lowest BCUT2D eigenvalue weighted by molar-refractivity contribution is 0.335. The number of benzene rings is 2. The predicted octanol–water partition coefficient (Wildman–Crippen LogP) is 3.26. The highest BCUT2D eigenvalue weighted by molar-refractivity contribution is 7.21. The Bertz CT molecular complexity index is 706. The van der Waals surface area contributed by atoms with Crippen molar-refractivity contribution in [3.05, 3.63) is 42.5 Å². The van der Waals surface area contributed by atoms with Gasteiger partial charge in [0, 0.05) is 24.4 Å². The summed E-state index contributed by atoms with van der Waals surface area (Å²) in [4.78, 5) is 9.35. The van der Waals surface area contributed by atoms with Crippen LogP contribution in [0, 0.1) is 0 Å². The fourth-order valence-electron chi connectivity index (χ4n) is 1.88. The maximum Gasteiger partial charge on any atom is 0.148 e. The van der Waals surface area contributed by atoms with E-state index in [0.29, 0.717) is 5.75 Å². The van der Waals surface area contributed by atoms with Crippen molar-refractivity contribution in [2.24, 2.45) is 5.90 Å². The topological polar surface area (TPSA) is 60.2 Å². The van der Waals surface area contributed by atoms with Crippen LogP contribution in [0.1, 0.15) is 0 Å². The van der Waals surface area contributed by atoms with Gasteiger partial charge in [0.1, 0.15) is 10.8 Å². The summed E-state index contributed by atoms with van der Waals surface area (Å²) >= 11 is 1.63. The minimum absolute atomic E-state index is 0.647. The zero-order chi connectivity index (χ0) is 13.2. The normalized spacial score (nSPS) is 10.6. The fraction of sp³-hybridized carbons (Fsp3) is 0.0714. The van der Waals surface area contributed by atoms with E-state index < -0.39 is 0 Å². The molecule has 0 amide bonds. The first-order valence-electron chi connectivity index (χ1n) is 5.85. The van der Waals surface area contributed by atoms with Crippen molar-refractivity contribution in [1.29, 1.82) is 0 Å². The Kier molecular flexibility index (Phi) is 3.06. The molecule has 1 aromatic heterocycles. The molecule has 0 aliphatic carbocycles. The van der Waals surface area contributed by atoms with Crippen LogP contribution in [0.15, 0.2) is 42.5 Å². The summed E-state index contributed by atoms with van der Waals surface area (Å²) in [6, 6.07) is 13.8. The molecule has 4 nitrogen and oxygen atoms in total. The second kappa shape index (κ2) is 4.87. The van der Waals surface area contributed by atoms with Gasteiger partial charge in [0.05, 0.1) is 10.2 Å². The van der Waals surface area contributed by atoms with Crippen molar-refractivity contribution in [2.45, 2.75) is 0 Å². The largest absolute Gasteiger partial charge is 0.411 e. The lowest BCUT2D eigenvalue weighted by atomic mass is 10.2. The third-order valence-corrected chi connectivity index (χ3v) is 3.98. The molecule has 3 rings (SSSR count). The van der Waals surface area contributed by atoms with E-state index in [0.717, 1.165) is 26.5 Å². The van der Waals surface area contributed by atoms with Gasteiger partial charge in [-0.05, 0) is 36.4 Å². The van der Waals surface area contributed by atoms with E-state index in [1.54, 1.807) is 11.3 Å². The van der Waals surface area contributed by atoms with Crippen LogP contribution < -0.4 is 16.1 Å². The molecule has 3 N–H and O–H groups in total. The average molecular weight is 271 g/mol. The molecule has 2 aromatic carbocycles. The van der Waals surface area contributed by atoms with Gasteiger partial charge in [0.15, 0.2) is 0 Å². The first kappa shape index (κ1) is 12.0. The summed E-state index contributed by atoms with van der Waals surface area (Å²) in [5, 5.41) is 4.09. The van der Waals surface area contributed by atoms with Gasteiger partial charge >= 0.3 is 0 Å². The van der Waals surface area contributed by atoms with E-state index in [1.807, 2.05) is 37.4 Å². The molecule has 19 heavy (non-hydrogen) atoms. The zero-order valence-corrected chi connectivity index (χ0v) is 11.2. The molecular weight excluding hydrogens is 258 g/mol. The summed E-state index contributed by atoms with van der Waals surface area (Å²) in [5.74, 6) is 5.81. The minimum Gasteiger partial charge on any atom is -0.411 e. The molecule has 1 heterocycles. The number of anilines is 1. The number of fused-ring (bicyclic) bond motifs is 1. The standard InChI is InChI=1S/C14H13N3OS/c1-16-10-4-2-9(3-5-10)14-17-12-7-6-11(18-15)8-13(12)19-14/h2-8,16H,15H2,1H3. The molecule has 0 saturated heterocycles. The summed E-state index contributed by atoms with van der Waals surface area (Å²) in [6.45, 7) is 0. The molecule has 0 aliphatic rings. The van der Waals surface area contributed by atoms with Crippen molar-refractivity contribution >= 4 is 27.2 Å². The quantitative estimate of drug-likeness (QED) is 0.718. The van der Waals surface area contributed by atoms with Crippen molar-refractivity contribution in [2.75, 3.05) is 12.4 Å². The van der Waals surface area contributed by atoms with Crippen LogP contribution in [-0.4, -0.2) is 12.0 Å². The van der Waals surface area contributed by atoms with Crippen molar-refractivity contribution in [3.63, 3.8) is 0 Å². The molecule has 0 spiro atoms. The van der Waals surface area contributed by atoms with E-state index in [1.165, 1.54) is 0 Å². The molecule has 0 saturated carbocycles. The predicted molar refractivity (Wildman–Crippen MR) is 79.4 cm³/mol. The summed E-state index contributed by atoms with van der Waals surface area (Å²) < 4.78 is 1.07. The van der Waals surface area contributed by atoms with Gasteiger partial charge in [-0.25, -0.2) is 4.98 Å². The molecule has 3 aromatic rings. The number of aromatic nitrogens is 1. The Hall–Kier alpha value is -2.11. The van der Waals surface area contributed by atoms with Gasteiger partial charge in [-0.3, -0.25) is 0 Å². The minimum atomic E-state index is 0.647. The monoisotopic (exact) mass is 271 g/mol. The van der Waals surface area contributed by atoms with E-state index >= 15 is 0 Å². The van der Waals surface area contributed by atoms with Crippen LogP contribution in [0.3, 0.4) is 0 Å². The molecule has 0 fully saturated rings. The highest BCUT2D eigenvalue weighted by Gasteiger charge is 2.07. The number of thiazole rings is 1. The number of hydrogen-bond acceptors (Lipinski definition) is 5. The Morgan fingerprint density at radius 3 is 2.63 bits per heavy atom. The van der Waals surface area contributed by atoms with Crippen LogP contribution >= 0.6 is 11.3 Å². The number of hydrogen-bond donors (Lipinski definition) is 2. The van der Waals surface area contributed by atoms with Crippen LogP contribution in [0.5, 0.6) is 5.75 Å². The van der Waals surface area contributed by atoms with Gasteiger partial charge in [-0.1, -0.05) is 0 Å². The maximum atomic E-state index is 5.17. The average Bonchev–Trinajstić information content (AvgIpc) is 2.90. The third-order valence-electron chi connectivity index (χ3n) is 2.92. The molecule has 5 heteroatoms. The number of nitrogens with two attached hydrogens (primary N) is 1. The maximum absolute atomic E-state index is 5.17. The van der Waals surface area contributed by atoms with Gasteiger partial charge in [0.2, 0.25) is 0 Å². The number of nitrogens with one attached hydrogen (secondary N) is 1. The molecule has 96 valence electrons. The van der Waals surface area contributed by atoms with Gasteiger partial charge in [-0.2, -0.15) is 5.90 Å². The number of rotatable bonds is 3. The zero-order valence-electron chi connectivity index (χ0n) is 10.4. The first-order chi connectivity index (χ1) is 9.30. The lowest BCUT2D eigenvalue weighted by Crippen LogP contribution is -2.00. The van der Waals surface area contributed by atoms with Crippen molar-refractivity contribution < 1.29 is 4.84 Å². The highest BCUT2D eigenvalue weighted by Crippen LogP contribution is 2.32. The SMILES string of the molecule is CNc1ccc(-c2nc3ccc(ON)cc3s2)cc1. The smallest absolute Gasteiger partial charge is 0.148 e. The summed E-state index contributed by atoms with van der Waals surface area (Å²) in [5.41, 5.74) is 3.15. The summed E-state index contributed by atoms with van der Waals surface area (Å²) in [7, 11) is 1.90. The van der Waals surface area contributed by atoms with Gasteiger partial charge in [0.25, 0.3) is 0 Å². The molecule has 0 aliphatic heterocycles. The summed E-state index contributed by atoms with van der Waals surface area (Å²) in [6.07, 6.45) is 0. The molecule has 0 bridgehead atoms. The molecular formula is C14H13N3OS. The Labute approximate surface area is 114 Å². The van der Waals surface area contributed by atoms with E-state index in [9.17, 15) is 0 Å². The third kappa shape index (κ3) is 2.25. The van der Waals surface area contributed by atoms with E-state index in [2.05, 4.69) is 22.4 Å². The van der Waals surface area contributed by atoms with Gasteiger partial charge in [-0.15, -0.1) is 11.3 Å². The van der Waals surface area contributed by atoms with E-state index in [4.69, 9.17) is 10.7 Å². The van der Waals surface area contributed by atoms with Crippen LogP contribution in [0.25, 0.3) is 20.8 Å². The van der Waals surface area contributed by atoms with Gasteiger partial charge < -0.3 is 10.2 Å². The van der Waals surface area contributed by atoms with Crippen LogP contribution in [0.4, 0.5) is 5.69 Å². The lowest BCUT2D eigenvalue weighted by Gasteiger charge is -2.00. The molecule has 0 atom stereocenters. The van der Waals surface area contributed by atoms with Crippen LogP contribution in [-0.2, 0) is 0 Å². The highest BCUT2D eigenvalue weighted by atomic mass is 32.1. The second-order valence-corrected chi connectivity index (χ2v) is 5.12. The molecule has 0 radical (unpaired) electrons. The van der Waals surface area contributed by atoms with Crippen molar-refractivity contribution in [1.82, 2.24) is 4.98 Å². The Balaban J connectivity index is 2.04. The Morgan fingerprint density at radius 1 is 1.16 bits per heavy atom. The first-order valence-corrected chi connectivity index (χ1v) is 6.67. The fourth-order valence-corrected chi connectivity index (χ4v) is 2.88. The second-order valence-electron chi connectivity index (χ2n) is 4.09. The van der Waals surface area contributed by atoms with E-state index in [-0.39, 0.29) is 0 Å². The van der Waals surface area contributed by atoms with Crippen molar-refractivity contribution in [3.8, 4) is 16.3 Å². The number of nitrogens with zero attached hydrogens (tertiary/aromatic N) is 1. The van der Waals surface area contributed by atoms with Crippen LogP contribution in [0.2, 0.25) is 0 Å². The molecule has 0 unspecified atom stereocenters.